The first-order valence-corrected chi connectivity index (χ1v) is 10.7. The Hall–Kier alpha value is -3.81. The van der Waals surface area contributed by atoms with Gasteiger partial charge in [-0.3, -0.25) is 4.57 Å². The second-order valence-electron chi connectivity index (χ2n) is 8.61. The molecule has 0 saturated heterocycles. The molecule has 0 unspecified atom stereocenters. The Morgan fingerprint density at radius 1 is 1.03 bits per heavy atom. The van der Waals surface area contributed by atoms with Gasteiger partial charge in [-0.1, -0.05) is 61.5 Å². The molecular formula is C24H27N7O. The standard InChI is InChI=1S/C24H27N7O/c1-5-6-11-21-27-31(24(2,3)4)23(32)30(21)16-17-12-14-18(15-13-17)19-9-7-8-10-20(19)22-25-28-29-26-22/h6-15H,5,16H2,1-4H3,(H,25,26,28,29)/b11-6+. The van der Waals surface area contributed by atoms with Crippen molar-refractivity contribution in [2.45, 2.75) is 46.2 Å². The Bertz CT molecular complexity index is 1270. The lowest BCUT2D eigenvalue weighted by Gasteiger charge is -2.16. The first-order valence-electron chi connectivity index (χ1n) is 10.7. The fraction of sp³-hybridized carbons (Fsp3) is 0.292. The van der Waals surface area contributed by atoms with Crippen LogP contribution in [0.15, 0.2) is 59.4 Å². The van der Waals surface area contributed by atoms with Crippen LogP contribution < -0.4 is 5.69 Å². The van der Waals surface area contributed by atoms with Crippen LogP contribution in [0.2, 0.25) is 0 Å². The Kier molecular flexibility index (Phi) is 5.85. The lowest BCUT2D eigenvalue weighted by Crippen LogP contribution is -2.35. The first-order chi connectivity index (χ1) is 15.4. The summed E-state index contributed by atoms with van der Waals surface area (Å²) < 4.78 is 3.28. The van der Waals surface area contributed by atoms with Crippen LogP contribution in [-0.4, -0.2) is 35.0 Å². The van der Waals surface area contributed by atoms with E-state index in [2.05, 4.69) is 44.8 Å². The number of hydrogen-bond acceptors (Lipinski definition) is 5. The average Bonchev–Trinajstić information content (AvgIpc) is 3.42. The molecule has 2 heterocycles. The van der Waals surface area contributed by atoms with E-state index in [1.807, 2.05) is 69.3 Å². The maximum absolute atomic E-state index is 13.1. The molecule has 0 fully saturated rings. The SMILES string of the molecule is CC/C=C/c1nn(C(C)(C)C)c(=O)n1Cc1ccc(-c2ccccc2-c2nnn[nH]2)cc1. The minimum Gasteiger partial charge on any atom is -0.271 e. The van der Waals surface area contributed by atoms with Gasteiger partial charge in [-0.25, -0.2) is 14.6 Å². The molecule has 0 radical (unpaired) electrons. The van der Waals surface area contributed by atoms with Crippen LogP contribution in [0.4, 0.5) is 0 Å². The van der Waals surface area contributed by atoms with Gasteiger partial charge in [0, 0.05) is 5.56 Å². The number of hydrogen-bond donors (Lipinski definition) is 1. The van der Waals surface area contributed by atoms with E-state index in [0.717, 1.165) is 28.7 Å². The molecule has 0 aliphatic carbocycles. The summed E-state index contributed by atoms with van der Waals surface area (Å²) in [7, 11) is 0. The Labute approximate surface area is 186 Å². The summed E-state index contributed by atoms with van der Waals surface area (Å²) in [6, 6.07) is 16.2. The van der Waals surface area contributed by atoms with Crippen molar-refractivity contribution >= 4 is 6.08 Å². The van der Waals surface area contributed by atoms with Crippen molar-refractivity contribution in [3.05, 3.63) is 76.5 Å². The summed E-state index contributed by atoms with van der Waals surface area (Å²) in [4.78, 5) is 13.1. The van der Waals surface area contributed by atoms with Crippen molar-refractivity contribution in [3.8, 4) is 22.5 Å². The number of allylic oxidation sites excluding steroid dienone is 1. The van der Waals surface area contributed by atoms with Crippen LogP contribution in [-0.2, 0) is 12.1 Å². The smallest absolute Gasteiger partial charge is 0.271 e. The maximum atomic E-state index is 13.1. The van der Waals surface area contributed by atoms with Crippen molar-refractivity contribution in [1.82, 2.24) is 35.0 Å². The Balaban J connectivity index is 1.67. The number of aromatic nitrogens is 7. The van der Waals surface area contributed by atoms with Crippen molar-refractivity contribution in [1.29, 1.82) is 0 Å². The number of rotatable bonds is 6. The van der Waals surface area contributed by atoms with Gasteiger partial charge >= 0.3 is 5.69 Å². The maximum Gasteiger partial charge on any atom is 0.347 e. The van der Waals surface area contributed by atoms with Crippen LogP contribution in [0.1, 0.15) is 45.5 Å². The van der Waals surface area contributed by atoms with Crippen LogP contribution >= 0.6 is 0 Å². The largest absolute Gasteiger partial charge is 0.347 e. The predicted molar refractivity (Wildman–Crippen MR) is 125 cm³/mol. The summed E-state index contributed by atoms with van der Waals surface area (Å²) in [6.07, 6.45) is 4.81. The Morgan fingerprint density at radius 2 is 1.75 bits per heavy atom. The van der Waals surface area contributed by atoms with E-state index in [0.29, 0.717) is 18.2 Å². The molecule has 4 aromatic rings. The summed E-state index contributed by atoms with van der Waals surface area (Å²) in [6.45, 7) is 8.46. The second kappa shape index (κ2) is 8.74. The molecule has 4 rings (SSSR count). The van der Waals surface area contributed by atoms with Crippen LogP contribution in [0, 0.1) is 0 Å². The van der Waals surface area contributed by atoms with Crippen LogP contribution in [0.3, 0.4) is 0 Å². The number of nitrogens with zero attached hydrogens (tertiary/aromatic N) is 6. The molecule has 32 heavy (non-hydrogen) atoms. The van der Waals surface area contributed by atoms with Gasteiger partial charge in [-0.2, -0.15) is 0 Å². The van der Waals surface area contributed by atoms with E-state index < -0.39 is 0 Å². The number of tetrazole rings is 1. The quantitative estimate of drug-likeness (QED) is 0.498. The number of aromatic amines is 1. The molecule has 0 amide bonds. The number of benzene rings is 2. The molecule has 2 aromatic heterocycles. The monoisotopic (exact) mass is 429 g/mol. The molecule has 0 aliphatic heterocycles. The lowest BCUT2D eigenvalue weighted by atomic mass is 9.98. The van der Waals surface area contributed by atoms with Gasteiger partial charge in [-0.05, 0) is 60.4 Å². The van der Waals surface area contributed by atoms with E-state index in [-0.39, 0.29) is 11.2 Å². The third-order valence-corrected chi connectivity index (χ3v) is 5.16. The minimum absolute atomic E-state index is 0.111. The molecule has 8 heteroatoms. The number of H-pyrrole nitrogens is 1. The summed E-state index contributed by atoms with van der Waals surface area (Å²) in [5, 5.41) is 18.8. The van der Waals surface area contributed by atoms with Gasteiger partial charge in [0.1, 0.15) is 0 Å². The van der Waals surface area contributed by atoms with Gasteiger partial charge < -0.3 is 0 Å². The van der Waals surface area contributed by atoms with Gasteiger partial charge in [-0.15, -0.1) is 10.2 Å². The zero-order valence-electron chi connectivity index (χ0n) is 18.8. The zero-order chi connectivity index (χ0) is 22.7. The van der Waals surface area contributed by atoms with Crippen molar-refractivity contribution in [2.75, 3.05) is 0 Å². The summed E-state index contributed by atoms with van der Waals surface area (Å²) in [5.41, 5.74) is 3.53. The highest BCUT2D eigenvalue weighted by Gasteiger charge is 2.21. The zero-order valence-corrected chi connectivity index (χ0v) is 18.8. The molecule has 0 atom stereocenters. The van der Waals surface area contributed by atoms with Gasteiger partial charge in [0.25, 0.3) is 0 Å². The molecule has 8 nitrogen and oxygen atoms in total. The average molecular weight is 430 g/mol. The highest BCUT2D eigenvalue weighted by Crippen LogP contribution is 2.29. The molecule has 0 saturated carbocycles. The van der Waals surface area contributed by atoms with Gasteiger partial charge in [0.05, 0.1) is 12.1 Å². The minimum atomic E-state index is -0.389. The third kappa shape index (κ3) is 4.30. The van der Waals surface area contributed by atoms with Gasteiger partial charge in [0.2, 0.25) is 0 Å². The normalized spacial score (nSPS) is 12.0. The summed E-state index contributed by atoms with van der Waals surface area (Å²) >= 11 is 0. The van der Waals surface area contributed by atoms with E-state index in [1.54, 1.807) is 9.25 Å². The molecule has 164 valence electrons. The first kappa shape index (κ1) is 21.4. The van der Waals surface area contributed by atoms with Gasteiger partial charge in [0.15, 0.2) is 11.6 Å². The Morgan fingerprint density at radius 3 is 2.38 bits per heavy atom. The van der Waals surface area contributed by atoms with E-state index in [4.69, 9.17) is 0 Å². The molecule has 2 aromatic carbocycles. The molecule has 0 spiro atoms. The fourth-order valence-electron chi connectivity index (χ4n) is 3.53. The highest BCUT2D eigenvalue weighted by molar-refractivity contribution is 5.80. The predicted octanol–water partition coefficient (Wildman–Crippen LogP) is 4.12. The lowest BCUT2D eigenvalue weighted by molar-refractivity contribution is 0.340. The fourth-order valence-corrected chi connectivity index (χ4v) is 3.53. The molecular weight excluding hydrogens is 402 g/mol. The van der Waals surface area contributed by atoms with Crippen LogP contribution in [0.5, 0.6) is 0 Å². The third-order valence-electron chi connectivity index (χ3n) is 5.16. The highest BCUT2D eigenvalue weighted by atomic mass is 16.2. The van der Waals surface area contributed by atoms with Crippen molar-refractivity contribution < 1.29 is 0 Å². The van der Waals surface area contributed by atoms with Crippen LogP contribution in [0.25, 0.3) is 28.6 Å². The second-order valence-corrected chi connectivity index (χ2v) is 8.61. The van der Waals surface area contributed by atoms with E-state index >= 15 is 0 Å². The molecule has 0 bridgehead atoms. The topological polar surface area (TPSA) is 94.3 Å². The van der Waals surface area contributed by atoms with E-state index in [9.17, 15) is 4.79 Å². The molecule has 1 N–H and O–H groups in total. The van der Waals surface area contributed by atoms with Crippen molar-refractivity contribution in [2.24, 2.45) is 0 Å². The van der Waals surface area contributed by atoms with Crippen molar-refractivity contribution in [3.63, 3.8) is 0 Å². The summed E-state index contributed by atoms with van der Waals surface area (Å²) in [5.74, 6) is 1.29. The molecule has 0 aliphatic rings. The number of nitrogens with one attached hydrogen (secondary N) is 1. The van der Waals surface area contributed by atoms with E-state index in [1.165, 1.54) is 0 Å².